The van der Waals surface area contributed by atoms with Gasteiger partial charge in [0.15, 0.2) is 0 Å². The Balaban J connectivity index is 3.62. The predicted octanol–water partition coefficient (Wildman–Crippen LogP) is 2.54. The third kappa shape index (κ3) is 5.02. The molecule has 0 radical (unpaired) electrons. The zero-order valence-corrected chi connectivity index (χ0v) is 8.30. The molecule has 0 aliphatic heterocycles. The highest BCUT2D eigenvalue weighted by atomic mass is 15.1. The van der Waals surface area contributed by atoms with Crippen LogP contribution in [0.15, 0.2) is 12.7 Å². The van der Waals surface area contributed by atoms with Crippen LogP contribution in [0.5, 0.6) is 0 Å². The lowest BCUT2D eigenvalue weighted by atomic mass is 10.1. The van der Waals surface area contributed by atoms with E-state index in [2.05, 4.69) is 39.3 Å². The molecule has 0 rings (SSSR count). The largest absolute Gasteiger partial charge is 0.303 e. The van der Waals surface area contributed by atoms with Gasteiger partial charge < -0.3 is 4.90 Å². The summed E-state index contributed by atoms with van der Waals surface area (Å²) < 4.78 is 0. The van der Waals surface area contributed by atoms with Crippen molar-refractivity contribution >= 4 is 0 Å². The summed E-state index contributed by atoms with van der Waals surface area (Å²) in [4.78, 5) is 2.38. The minimum Gasteiger partial charge on any atom is -0.303 e. The molecule has 0 spiro atoms. The van der Waals surface area contributed by atoms with E-state index >= 15 is 0 Å². The molecule has 1 unspecified atom stereocenters. The number of hydrogen-bond donors (Lipinski definition) is 0. The highest BCUT2D eigenvalue weighted by Gasteiger charge is 2.07. The Kier molecular flexibility index (Phi) is 5.22. The average molecular weight is 155 g/mol. The normalized spacial score (nSPS) is 14.0. The van der Waals surface area contributed by atoms with Crippen LogP contribution in [0.3, 0.4) is 0 Å². The van der Waals surface area contributed by atoms with Crippen molar-refractivity contribution < 1.29 is 0 Å². The van der Waals surface area contributed by atoms with Gasteiger partial charge in [0.2, 0.25) is 0 Å². The quantitative estimate of drug-likeness (QED) is 0.551. The Labute approximate surface area is 71.1 Å². The van der Waals surface area contributed by atoms with Crippen molar-refractivity contribution in [3.8, 4) is 0 Å². The zero-order valence-electron chi connectivity index (χ0n) is 8.30. The number of rotatable bonds is 5. The summed E-state index contributed by atoms with van der Waals surface area (Å²) in [7, 11) is 2.17. The monoisotopic (exact) mass is 155 g/mol. The molecule has 0 aromatic rings. The molecule has 1 nitrogen and oxygen atoms in total. The Morgan fingerprint density at radius 3 is 2.27 bits per heavy atom. The molecule has 0 aliphatic rings. The van der Waals surface area contributed by atoms with E-state index in [-0.39, 0.29) is 0 Å². The Hall–Kier alpha value is -0.300. The fourth-order valence-corrected chi connectivity index (χ4v) is 1.18. The molecule has 0 aliphatic carbocycles. The van der Waals surface area contributed by atoms with Gasteiger partial charge >= 0.3 is 0 Å². The van der Waals surface area contributed by atoms with Gasteiger partial charge in [0, 0.05) is 12.6 Å². The van der Waals surface area contributed by atoms with Crippen molar-refractivity contribution in [3.63, 3.8) is 0 Å². The summed E-state index contributed by atoms with van der Waals surface area (Å²) in [5.74, 6) is 0.757. The maximum Gasteiger partial charge on any atom is 0.00983 e. The van der Waals surface area contributed by atoms with E-state index in [1.165, 1.54) is 6.54 Å². The molecule has 0 saturated heterocycles. The first-order valence-electron chi connectivity index (χ1n) is 4.39. The van der Waals surface area contributed by atoms with Crippen LogP contribution >= 0.6 is 0 Å². The van der Waals surface area contributed by atoms with Crippen molar-refractivity contribution in [3.05, 3.63) is 12.7 Å². The van der Waals surface area contributed by atoms with E-state index in [9.17, 15) is 0 Å². The van der Waals surface area contributed by atoms with E-state index in [0.29, 0.717) is 6.04 Å². The SMILES string of the molecule is C=CCC(C)N(C)CC(C)C. The van der Waals surface area contributed by atoms with Crippen molar-refractivity contribution in [2.24, 2.45) is 5.92 Å². The van der Waals surface area contributed by atoms with Crippen molar-refractivity contribution in [1.29, 1.82) is 0 Å². The van der Waals surface area contributed by atoms with Crippen molar-refractivity contribution in [2.75, 3.05) is 13.6 Å². The third-order valence-electron chi connectivity index (χ3n) is 1.91. The fourth-order valence-electron chi connectivity index (χ4n) is 1.18. The zero-order chi connectivity index (χ0) is 8.85. The number of hydrogen-bond acceptors (Lipinski definition) is 1. The van der Waals surface area contributed by atoms with Crippen LogP contribution in [-0.2, 0) is 0 Å². The summed E-state index contributed by atoms with van der Waals surface area (Å²) in [6.45, 7) is 11.6. The smallest absolute Gasteiger partial charge is 0.00983 e. The third-order valence-corrected chi connectivity index (χ3v) is 1.91. The van der Waals surface area contributed by atoms with Gasteiger partial charge in [0.05, 0.1) is 0 Å². The molecule has 1 heteroatoms. The highest BCUT2D eigenvalue weighted by molar-refractivity contribution is 4.75. The predicted molar refractivity (Wildman–Crippen MR) is 51.7 cm³/mol. The van der Waals surface area contributed by atoms with Gasteiger partial charge in [-0.15, -0.1) is 6.58 Å². The molecule has 0 heterocycles. The second-order valence-electron chi connectivity index (χ2n) is 3.71. The first-order valence-corrected chi connectivity index (χ1v) is 4.39. The molecule has 0 bridgehead atoms. The molecule has 11 heavy (non-hydrogen) atoms. The second-order valence-corrected chi connectivity index (χ2v) is 3.71. The van der Waals surface area contributed by atoms with E-state index in [1.54, 1.807) is 0 Å². The van der Waals surface area contributed by atoms with Crippen LogP contribution in [0.1, 0.15) is 27.2 Å². The molecular formula is C10H21N. The van der Waals surface area contributed by atoms with Gasteiger partial charge in [0.1, 0.15) is 0 Å². The summed E-state index contributed by atoms with van der Waals surface area (Å²) in [5, 5.41) is 0. The minimum atomic E-state index is 0.634. The van der Waals surface area contributed by atoms with Gasteiger partial charge in [-0.1, -0.05) is 19.9 Å². The minimum absolute atomic E-state index is 0.634. The lowest BCUT2D eigenvalue weighted by Crippen LogP contribution is -2.31. The van der Waals surface area contributed by atoms with Crippen LogP contribution in [-0.4, -0.2) is 24.5 Å². The lowest BCUT2D eigenvalue weighted by Gasteiger charge is -2.25. The maximum atomic E-state index is 3.74. The van der Waals surface area contributed by atoms with Crippen molar-refractivity contribution in [1.82, 2.24) is 4.90 Å². The molecule has 66 valence electrons. The maximum absolute atomic E-state index is 3.74. The molecular weight excluding hydrogens is 134 g/mol. The highest BCUT2D eigenvalue weighted by Crippen LogP contribution is 2.04. The van der Waals surface area contributed by atoms with Crippen LogP contribution in [0, 0.1) is 5.92 Å². The Morgan fingerprint density at radius 2 is 1.91 bits per heavy atom. The molecule has 1 atom stereocenters. The molecule has 0 saturated carbocycles. The van der Waals surface area contributed by atoms with Gasteiger partial charge in [0.25, 0.3) is 0 Å². The van der Waals surface area contributed by atoms with E-state index in [1.807, 2.05) is 6.08 Å². The topological polar surface area (TPSA) is 3.24 Å². The van der Waals surface area contributed by atoms with Gasteiger partial charge in [-0.3, -0.25) is 0 Å². The summed E-state index contributed by atoms with van der Waals surface area (Å²) in [5.41, 5.74) is 0. The fraction of sp³-hybridized carbons (Fsp3) is 0.800. The second kappa shape index (κ2) is 5.36. The van der Waals surface area contributed by atoms with E-state index in [0.717, 1.165) is 12.3 Å². The summed E-state index contributed by atoms with van der Waals surface area (Å²) in [6.07, 6.45) is 3.07. The van der Waals surface area contributed by atoms with Crippen LogP contribution in [0.2, 0.25) is 0 Å². The Bertz CT molecular complexity index is 107. The van der Waals surface area contributed by atoms with Gasteiger partial charge in [-0.2, -0.15) is 0 Å². The molecule has 0 amide bonds. The van der Waals surface area contributed by atoms with Crippen molar-refractivity contribution in [2.45, 2.75) is 33.2 Å². The molecule has 0 fully saturated rings. The summed E-state index contributed by atoms with van der Waals surface area (Å²) >= 11 is 0. The summed E-state index contributed by atoms with van der Waals surface area (Å²) in [6, 6.07) is 0.634. The van der Waals surface area contributed by atoms with E-state index in [4.69, 9.17) is 0 Å². The lowest BCUT2D eigenvalue weighted by molar-refractivity contribution is 0.232. The first-order chi connectivity index (χ1) is 5.07. The molecule has 0 aromatic carbocycles. The number of nitrogens with zero attached hydrogens (tertiary/aromatic N) is 1. The standard InChI is InChI=1S/C10H21N/c1-6-7-10(4)11(5)8-9(2)3/h6,9-10H,1,7-8H2,2-5H3. The van der Waals surface area contributed by atoms with Gasteiger partial charge in [-0.25, -0.2) is 0 Å². The molecule has 0 N–H and O–H groups in total. The van der Waals surface area contributed by atoms with Crippen LogP contribution in [0.25, 0.3) is 0 Å². The Morgan fingerprint density at radius 1 is 1.36 bits per heavy atom. The van der Waals surface area contributed by atoms with E-state index < -0.39 is 0 Å². The van der Waals surface area contributed by atoms with Crippen LogP contribution < -0.4 is 0 Å². The van der Waals surface area contributed by atoms with Crippen LogP contribution in [0.4, 0.5) is 0 Å². The average Bonchev–Trinajstić information content (AvgIpc) is 1.86. The van der Waals surface area contributed by atoms with Gasteiger partial charge in [-0.05, 0) is 26.3 Å². The first kappa shape index (κ1) is 10.7. The molecule has 0 aromatic heterocycles.